The van der Waals surface area contributed by atoms with Crippen molar-refractivity contribution in [3.05, 3.63) is 54.7 Å². The highest BCUT2D eigenvalue weighted by Gasteiger charge is 2.27. The van der Waals surface area contributed by atoms with E-state index in [1.54, 1.807) is 14.2 Å². The van der Waals surface area contributed by atoms with Gasteiger partial charge < -0.3 is 44.3 Å². The number of rotatable bonds is 13. The first-order chi connectivity index (χ1) is 21.2. The second-order valence-electron chi connectivity index (χ2n) is 11.6. The summed E-state index contributed by atoms with van der Waals surface area (Å²) >= 11 is 0. The van der Waals surface area contributed by atoms with Gasteiger partial charge in [-0.1, -0.05) is 12.1 Å². The van der Waals surface area contributed by atoms with Crippen LogP contribution in [-0.2, 0) is 9.05 Å². The molecule has 0 atom stereocenters. The number of para-hydroxylation sites is 1. The van der Waals surface area contributed by atoms with Crippen LogP contribution in [0.15, 0.2) is 54.7 Å². The van der Waals surface area contributed by atoms with Gasteiger partial charge in [-0.25, -0.2) is 0 Å². The molecule has 1 aliphatic heterocycles. The summed E-state index contributed by atoms with van der Waals surface area (Å²) in [6, 6.07) is 16.5. The van der Waals surface area contributed by atoms with Crippen molar-refractivity contribution in [2.75, 3.05) is 63.0 Å². The number of aliphatic hydroxyl groups is 1. The van der Waals surface area contributed by atoms with Gasteiger partial charge in [-0.2, -0.15) is 9.97 Å². The number of fused-ring (bicyclic) bond motifs is 1. The number of H-pyrrole nitrogens is 1. The fourth-order valence-corrected chi connectivity index (χ4v) is 6.85. The highest BCUT2D eigenvalue weighted by atomic mass is 31.2. The highest BCUT2D eigenvalue weighted by Crippen LogP contribution is 2.39. The molecular weight excluding hydrogens is 577 g/mol. The molecule has 5 rings (SSSR count). The zero-order valence-electron chi connectivity index (χ0n) is 26.4. The van der Waals surface area contributed by atoms with E-state index < -0.39 is 14.0 Å². The number of anilines is 5. The molecule has 2 aromatic heterocycles. The van der Waals surface area contributed by atoms with E-state index in [2.05, 4.69) is 38.5 Å². The number of ether oxygens (including phenoxy) is 1. The molecule has 1 saturated heterocycles. The van der Waals surface area contributed by atoms with Crippen LogP contribution in [0.2, 0.25) is 0 Å². The summed E-state index contributed by atoms with van der Waals surface area (Å²) < 4.78 is 17.3. The highest BCUT2D eigenvalue weighted by molar-refractivity contribution is 7.56. The Labute approximate surface area is 260 Å². The minimum Gasteiger partial charge on any atom is -0.492 e. The molecule has 1 aliphatic rings. The smallest absolute Gasteiger partial charge is 0.231 e. The van der Waals surface area contributed by atoms with Gasteiger partial charge in [0, 0.05) is 57.8 Å². The average Bonchev–Trinajstić information content (AvgIpc) is 3.47. The summed E-state index contributed by atoms with van der Waals surface area (Å²) in [7, 11) is 4.16. The van der Waals surface area contributed by atoms with Crippen LogP contribution in [-0.4, -0.2) is 84.1 Å². The van der Waals surface area contributed by atoms with Crippen LogP contribution < -0.4 is 25.6 Å². The lowest BCUT2D eigenvalue weighted by atomic mass is 10.0. The Morgan fingerprint density at radius 2 is 1.82 bits per heavy atom. The maximum absolute atomic E-state index is 10.3. The lowest BCUT2D eigenvalue weighted by Crippen LogP contribution is -2.47. The Balaban J connectivity index is 1.35. The number of aromatic nitrogens is 3. The van der Waals surface area contributed by atoms with E-state index in [0.29, 0.717) is 36.6 Å². The van der Waals surface area contributed by atoms with Crippen LogP contribution in [0.5, 0.6) is 5.75 Å². The standard InChI is InChI=1S/C32H44N7O4P/c1-7-43-27-20-22(12-13-26(27)39-18-15-23(16-19-39)38(4)21-32(2,3)40)34-31-36-29-24(14-17-33-29)30(37-31)35-25-10-8-9-11-28(25)44(41-5)42-6/h8-14,17,20,23,40H,7,15-16,18-19,21H2,1-6H3,(H3,33,34,35,36,37). The number of benzene rings is 2. The quantitative estimate of drug-likeness (QED) is 0.138. The molecular formula is C32H44N7O4P. The Bertz CT molecular complexity index is 1530. The summed E-state index contributed by atoms with van der Waals surface area (Å²) in [5.41, 5.74) is 2.77. The zero-order chi connectivity index (χ0) is 31.3. The number of nitrogens with one attached hydrogen (secondary N) is 3. The molecule has 0 spiro atoms. The van der Waals surface area contributed by atoms with Crippen molar-refractivity contribution in [2.24, 2.45) is 0 Å². The van der Waals surface area contributed by atoms with Gasteiger partial charge in [0.15, 0.2) is 0 Å². The third-order valence-electron chi connectivity index (χ3n) is 7.68. The van der Waals surface area contributed by atoms with E-state index in [0.717, 1.165) is 59.4 Å². The number of likely N-dealkylation sites (N-methyl/N-ethyl adjacent to an activating group) is 1. The van der Waals surface area contributed by atoms with Crippen LogP contribution >= 0.6 is 8.38 Å². The minimum atomic E-state index is -1.24. The lowest BCUT2D eigenvalue weighted by Gasteiger charge is -2.40. The molecule has 4 aromatic rings. The van der Waals surface area contributed by atoms with Crippen molar-refractivity contribution >= 4 is 53.5 Å². The second-order valence-corrected chi connectivity index (χ2v) is 13.3. The molecule has 4 N–H and O–H groups in total. The number of hydrogen-bond acceptors (Lipinski definition) is 10. The molecule has 0 radical (unpaired) electrons. The first-order valence-electron chi connectivity index (χ1n) is 15.0. The normalized spacial score (nSPS) is 14.5. The Kier molecular flexibility index (Phi) is 10.2. The van der Waals surface area contributed by atoms with Gasteiger partial charge in [0.25, 0.3) is 0 Å². The molecule has 2 aromatic carbocycles. The van der Waals surface area contributed by atoms with Crippen molar-refractivity contribution in [3.8, 4) is 5.75 Å². The molecule has 11 nitrogen and oxygen atoms in total. The van der Waals surface area contributed by atoms with Gasteiger partial charge in [-0.3, -0.25) is 0 Å². The molecule has 1 fully saturated rings. The fourth-order valence-electron chi connectivity index (χ4n) is 5.77. The van der Waals surface area contributed by atoms with Gasteiger partial charge in [0.2, 0.25) is 14.3 Å². The van der Waals surface area contributed by atoms with Crippen molar-refractivity contribution < 1.29 is 18.9 Å². The molecule has 12 heteroatoms. The van der Waals surface area contributed by atoms with E-state index >= 15 is 0 Å². The van der Waals surface area contributed by atoms with Crippen LogP contribution in [0.3, 0.4) is 0 Å². The van der Waals surface area contributed by atoms with Crippen molar-refractivity contribution in [3.63, 3.8) is 0 Å². The van der Waals surface area contributed by atoms with Crippen LogP contribution in [0.25, 0.3) is 11.0 Å². The maximum Gasteiger partial charge on any atom is 0.231 e. The number of piperidine rings is 1. The molecule has 0 bridgehead atoms. The van der Waals surface area contributed by atoms with E-state index in [4.69, 9.17) is 23.8 Å². The van der Waals surface area contributed by atoms with Crippen LogP contribution in [0.1, 0.15) is 33.6 Å². The number of aromatic amines is 1. The zero-order valence-corrected chi connectivity index (χ0v) is 27.3. The summed E-state index contributed by atoms with van der Waals surface area (Å²) in [5.74, 6) is 1.93. The maximum atomic E-state index is 10.3. The molecule has 44 heavy (non-hydrogen) atoms. The summed E-state index contributed by atoms with van der Waals surface area (Å²) in [6.07, 6.45) is 3.90. The topological polar surface area (TPSA) is 120 Å². The Hall–Kier alpha value is -3.47. The summed E-state index contributed by atoms with van der Waals surface area (Å²) in [5, 5.41) is 18.9. The third kappa shape index (κ3) is 7.60. The molecule has 0 unspecified atom stereocenters. The Morgan fingerprint density at radius 1 is 1.07 bits per heavy atom. The number of hydrogen-bond donors (Lipinski definition) is 4. The Morgan fingerprint density at radius 3 is 2.52 bits per heavy atom. The first-order valence-corrected chi connectivity index (χ1v) is 16.2. The second kappa shape index (κ2) is 14.1. The van der Waals surface area contributed by atoms with Gasteiger partial charge in [0.1, 0.15) is 17.2 Å². The molecule has 3 heterocycles. The predicted octanol–water partition coefficient (Wildman–Crippen LogP) is 5.75. The van der Waals surface area contributed by atoms with Crippen LogP contribution in [0.4, 0.5) is 28.8 Å². The van der Waals surface area contributed by atoms with Gasteiger partial charge >= 0.3 is 0 Å². The SMILES string of the molecule is CCOc1cc(Nc2nc(Nc3ccccc3P(OC)OC)c3cc[nH]c3n2)ccc1N1CCC(N(C)CC(C)(C)O)CC1. The van der Waals surface area contributed by atoms with Crippen molar-refractivity contribution in [1.82, 2.24) is 19.9 Å². The lowest BCUT2D eigenvalue weighted by molar-refractivity contribution is 0.0274. The number of nitrogens with zero attached hydrogens (tertiary/aromatic N) is 4. The molecule has 236 valence electrons. The fraction of sp³-hybridized carbons (Fsp3) is 0.438. The van der Waals surface area contributed by atoms with Gasteiger partial charge in [0.05, 0.1) is 34.3 Å². The summed E-state index contributed by atoms with van der Waals surface area (Å²) in [6.45, 7) is 8.78. The largest absolute Gasteiger partial charge is 0.492 e. The molecule has 0 amide bonds. The molecule has 0 aliphatic carbocycles. The van der Waals surface area contributed by atoms with Crippen LogP contribution in [0, 0.1) is 0 Å². The monoisotopic (exact) mass is 621 g/mol. The van der Waals surface area contributed by atoms with Crippen molar-refractivity contribution in [1.29, 1.82) is 0 Å². The first kappa shape index (κ1) is 31.9. The third-order valence-corrected chi connectivity index (χ3v) is 9.13. The summed E-state index contributed by atoms with van der Waals surface area (Å²) in [4.78, 5) is 17.5. The van der Waals surface area contributed by atoms with E-state index in [1.165, 1.54) is 0 Å². The molecule has 0 saturated carbocycles. The van der Waals surface area contributed by atoms with Gasteiger partial charge in [-0.05, 0) is 71.0 Å². The van der Waals surface area contributed by atoms with E-state index in [9.17, 15) is 5.11 Å². The minimum absolute atomic E-state index is 0.444. The average molecular weight is 622 g/mol. The predicted molar refractivity (Wildman–Crippen MR) is 179 cm³/mol. The van der Waals surface area contributed by atoms with Gasteiger partial charge in [-0.15, -0.1) is 0 Å². The van der Waals surface area contributed by atoms with Crippen molar-refractivity contribution in [2.45, 2.75) is 45.3 Å². The van der Waals surface area contributed by atoms with E-state index in [-0.39, 0.29) is 0 Å². The van der Waals surface area contributed by atoms with E-state index in [1.807, 2.05) is 69.4 Å².